The van der Waals surface area contributed by atoms with Gasteiger partial charge in [-0.05, 0) is 25.8 Å². The van der Waals surface area contributed by atoms with Gasteiger partial charge < -0.3 is 19.7 Å². The first-order valence-electron chi connectivity index (χ1n) is 6.98. The fourth-order valence-electron chi connectivity index (χ4n) is 3.26. The molecule has 0 aliphatic carbocycles. The van der Waals surface area contributed by atoms with E-state index < -0.39 is 0 Å². The van der Waals surface area contributed by atoms with E-state index in [0.29, 0.717) is 26.3 Å². The monoisotopic (exact) mass is 254 g/mol. The van der Waals surface area contributed by atoms with Gasteiger partial charge in [0.1, 0.15) is 6.10 Å². The summed E-state index contributed by atoms with van der Waals surface area (Å²) in [7, 11) is 0. The number of rotatable bonds is 1. The van der Waals surface area contributed by atoms with E-state index in [0.717, 1.165) is 26.1 Å². The Morgan fingerprint density at radius 1 is 1.33 bits per heavy atom. The maximum atomic E-state index is 12.4. The predicted molar refractivity (Wildman–Crippen MR) is 66.3 cm³/mol. The van der Waals surface area contributed by atoms with Gasteiger partial charge in [-0.25, -0.2) is 0 Å². The van der Waals surface area contributed by atoms with Crippen molar-refractivity contribution in [3.05, 3.63) is 0 Å². The lowest BCUT2D eigenvalue weighted by atomic mass is 9.79. The van der Waals surface area contributed by atoms with Crippen molar-refractivity contribution in [2.45, 2.75) is 25.4 Å². The molecule has 0 aromatic heterocycles. The van der Waals surface area contributed by atoms with Gasteiger partial charge in [-0.3, -0.25) is 4.79 Å². The topological polar surface area (TPSA) is 50.8 Å². The number of hydrogen-bond acceptors (Lipinski definition) is 4. The molecule has 18 heavy (non-hydrogen) atoms. The Kier molecular flexibility index (Phi) is 3.54. The normalized spacial score (nSPS) is 37.1. The van der Waals surface area contributed by atoms with Crippen LogP contribution in [0.3, 0.4) is 0 Å². The summed E-state index contributed by atoms with van der Waals surface area (Å²) in [6.07, 6.45) is 3.05. The number of morpholine rings is 1. The molecule has 2 unspecified atom stereocenters. The molecule has 1 amide bonds. The third kappa shape index (κ3) is 2.39. The van der Waals surface area contributed by atoms with E-state index in [-0.39, 0.29) is 17.4 Å². The van der Waals surface area contributed by atoms with Gasteiger partial charge in [0.25, 0.3) is 5.91 Å². The molecule has 0 aromatic rings. The molecule has 3 rings (SSSR count). The Hall–Kier alpha value is -0.650. The van der Waals surface area contributed by atoms with Crippen LogP contribution in [0.1, 0.15) is 19.3 Å². The highest BCUT2D eigenvalue weighted by molar-refractivity contribution is 5.81. The smallest absolute Gasteiger partial charge is 0.251 e. The Morgan fingerprint density at radius 2 is 2.17 bits per heavy atom. The van der Waals surface area contributed by atoms with Crippen LogP contribution in [0.15, 0.2) is 0 Å². The SMILES string of the molecule is O=C(C1CC2(CCCNC2)CO1)N1CCOCC1. The second kappa shape index (κ2) is 5.15. The van der Waals surface area contributed by atoms with E-state index in [1.807, 2.05) is 4.90 Å². The summed E-state index contributed by atoms with van der Waals surface area (Å²) in [5.41, 5.74) is 0.213. The van der Waals surface area contributed by atoms with Crippen LogP contribution in [0.5, 0.6) is 0 Å². The molecule has 5 heteroatoms. The van der Waals surface area contributed by atoms with E-state index in [1.165, 1.54) is 12.8 Å². The molecule has 3 aliphatic heterocycles. The number of ether oxygens (including phenoxy) is 2. The largest absolute Gasteiger partial charge is 0.378 e. The van der Waals surface area contributed by atoms with Crippen LogP contribution in [0.25, 0.3) is 0 Å². The zero-order valence-corrected chi connectivity index (χ0v) is 10.8. The van der Waals surface area contributed by atoms with Gasteiger partial charge in [0, 0.05) is 25.0 Å². The second-order valence-corrected chi connectivity index (χ2v) is 5.72. The summed E-state index contributed by atoms with van der Waals surface area (Å²) in [5, 5.41) is 3.43. The van der Waals surface area contributed by atoms with E-state index in [1.54, 1.807) is 0 Å². The third-order valence-electron chi connectivity index (χ3n) is 4.37. The Labute approximate surface area is 108 Å². The number of carbonyl (C=O) groups is 1. The molecule has 3 aliphatic rings. The first kappa shape index (κ1) is 12.4. The number of piperidine rings is 1. The van der Waals surface area contributed by atoms with Gasteiger partial charge in [-0.2, -0.15) is 0 Å². The minimum Gasteiger partial charge on any atom is -0.378 e. The number of carbonyl (C=O) groups excluding carboxylic acids is 1. The number of nitrogens with zero attached hydrogens (tertiary/aromatic N) is 1. The molecule has 0 aromatic carbocycles. The minimum absolute atomic E-state index is 0.167. The van der Waals surface area contributed by atoms with Crippen molar-refractivity contribution >= 4 is 5.91 Å². The molecule has 2 atom stereocenters. The van der Waals surface area contributed by atoms with Crippen molar-refractivity contribution in [2.75, 3.05) is 46.0 Å². The lowest BCUT2D eigenvalue weighted by molar-refractivity contribution is -0.144. The van der Waals surface area contributed by atoms with Crippen LogP contribution in [0.4, 0.5) is 0 Å². The second-order valence-electron chi connectivity index (χ2n) is 5.72. The van der Waals surface area contributed by atoms with Gasteiger partial charge in [-0.15, -0.1) is 0 Å². The van der Waals surface area contributed by atoms with E-state index >= 15 is 0 Å². The first-order valence-corrected chi connectivity index (χ1v) is 6.98. The fourth-order valence-corrected chi connectivity index (χ4v) is 3.26. The molecule has 1 N–H and O–H groups in total. The summed E-state index contributed by atoms with van der Waals surface area (Å²) < 4.78 is 11.1. The highest BCUT2D eigenvalue weighted by atomic mass is 16.5. The zero-order valence-electron chi connectivity index (χ0n) is 10.8. The van der Waals surface area contributed by atoms with Gasteiger partial charge >= 0.3 is 0 Å². The van der Waals surface area contributed by atoms with Crippen molar-refractivity contribution in [3.8, 4) is 0 Å². The molecule has 0 bridgehead atoms. The van der Waals surface area contributed by atoms with Gasteiger partial charge in [-0.1, -0.05) is 0 Å². The molecule has 102 valence electrons. The van der Waals surface area contributed by atoms with Crippen molar-refractivity contribution < 1.29 is 14.3 Å². The number of hydrogen-bond donors (Lipinski definition) is 1. The van der Waals surface area contributed by atoms with Crippen molar-refractivity contribution in [1.29, 1.82) is 0 Å². The van der Waals surface area contributed by atoms with Gasteiger partial charge in [0.05, 0.1) is 19.8 Å². The highest BCUT2D eigenvalue weighted by Gasteiger charge is 2.44. The van der Waals surface area contributed by atoms with Crippen molar-refractivity contribution in [3.63, 3.8) is 0 Å². The quantitative estimate of drug-likeness (QED) is 0.716. The molecule has 3 heterocycles. The molecule has 0 radical (unpaired) electrons. The van der Waals surface area contributed by atoms with Crippen LogP contribution in [-0.2, 0) is 14.3 Å². The third-order valence-corrected chi connectivity index (χ3v) is 4.37. The average Bonchev–Trinajstić information content (AvgIpc) is 2.83. The van der Waals surface area contributed by atoms with Crippen molar-refractivity contribution in [1.82, 2.24) is 10.2 Å². The molecule has 3 saturated heterocycles. The minimum atomic E-state index is -0.219. The standard InChI is InChI=1S/C13H22N2O3/c16-12(15-4-6-17-7-5-15)11-8-13(10-18-11)2-1-3-14-9-13/h11,14H,1-10H2. The molecule has 5 nitrogen and oxygen atoms in total. The summed E-state index contributed by atoms with van der Waals surface area (Å²) in [6.45, 7) is 5.58. The Morgan fingerprint density at radius 3 is 2.89 bits per heavy atom. The fraction of sp³-hybridized carbons (Fsp3) is 0.923. The summed E-state index contributed by atoms with van der Waals surface area (Å²) in [6, 6.07) is 0. The summed E-state index contributed by atoms with van der Waals surface area (Å²) >= 11 is 0. The van der Waals surface area contributed by atoms with E-state index in [9.17, 15) is 4.79 Å². The first-order chi connectivity index (χ1) is 8.79. The zero-order chi connectivity index (χ0) is 12.4. The Bertz CT molecular complexity index is 309. The van der Waals surface area contributed by atoms with Gasteiger partial charge in [0.2, 0.25) is 0 Å². The maximum Gasteiger partial charge on any atom is 0.251 e. The van der Waals surface area contributed by atoms with E-state index in [2.05, 4.69) is 5.32 Å². The summed E-state index contributed by atoms with van der Waals surface area (Å²) in [4.78, 5) is 14.2. The number of nitrogens with one attached hydrogen (secondary N) is 1. The maximum absolute atomic E-state index is 12.4. The van der Waals surface area contributed by atoms with Gasteiger partial charge in [0.15, 0.2) is 0 Å². The molecule has 1 spiro atoms. The van der Waals surface area contributed by atoms with Crippen LogP contribution in [0, 0.1) is 5.41 Å². The molecule has 0 saturated carbocycles. The molecule has 3 fully saturated rings. The van der Waals surface area contributed by atoms with Crippen molar-refractivity contribution in [2.24, 2.45) is 5.41 Å². The lowest BCUT2D eigenvalue weighted by Crippen LogP contribution is -2.46. The molecular weight excluding hydrogens is 232 g/mol. The Balaban J connectivity index is 1.59. The predicted octanol–water partition coefficient (Wildman–Crippen LogP) is 0.00390. The van der Waals surface area contributed by atoms with Crippen LogP contribution >= 0.6 is 0 Å². The van der Waals surface area contributed by atoms with Crippen LogP contribution in [0.2, 0.25) is 0 Å². The number of amides is 1. The van der Waals surface area contributed by atoms with E-state index in [4.69, 9.17) is 9.47 Å². The summed E-state index contributed by atoms with van der Waals surface area (Å²) in [5.74, 6) is 0.167. The average molecular weight is 254 g/mol. The molecular formula is C13H22N2O3. The highest BCUT2D eigenvalue weighted by Crippen LogP contribution is 2.38. The lowest BCUT2D eigenvalue weighted by Gasteiger charge is -2.33. The van der Waals surface area contributed by atoms with Crippen LogP contribution < -0.4 is 5.32 Å². The van der Waals surface area contributed by atoms with Crippen LogP contribution in [-0.4, -0.2) is 62.9 Å².